The Morgan fingerprint density at radius 2 is 2.00 bits per heavy atom. The molecule has 1 N–H and O–H groups in total. The molecule has 0 bridgehead atoms. The maximum absolute atomic E-state index is 12.8. The molecule has 1 aliphatic rings. The van der Waals surface area contributed by atoms with Crippen LogP contribution in [0.25, 0.3) is 0 Å². The Kier molecular flexibility index (Phi) is 7.17. The van der Waals surface area contributed by atoms with Crippen molar-refractivity contribution in [3.05, 3.63) is 30.1 Å². The molecular weight excluding hydrogens is 295 g/mol. The lowest BCUT2D eigenvalue weighted by Crippen LogP contribution is -2.39. The van der Waals surface area contributed by atoms with Crippen LogP contribution in [0, 0.1) is 11.7 Å². The Hall–Kier alpha value is -1.78. The summed E-state index contributed by atoms with van der Waals surface area (Å²) < 4.78 is 18.3. The van der Waals surface area contributed by atoms with E-state index in [1.807, 2.05) is 0 Å². The summed E-state index contributed by atoms with van der Waals surface area (Å²) in [4.78, 5) is 13.5. The summed E-state index contributed by atoms with van der Waals surface area (Å²) in [5, 5.41) is 2.94. The van der Waals surface area contributed by atoms with E-state index in [1.165, 1.54) is 44.2 Å². The number of ether oxygens (including phenoxy) is 1. The standard InChI is InChI=1S/C18H27FN2O2/c1-21(13-14-23-17-10-8-16(19)9-11-17)18(22)20-12-4-7-15-5-2-3-6-15/h8-11,15H,2-7,12-14H2,1H3,(H,20,22). The molecule has 5 heteroatoms. The molecule has 0 heterocycles. The van der Waals surface area contributed by atoms with Gasteiger partial charge in [0, 0.05) is 13.6 Å². The highest BCUT2D eigenvalue weighted by Crippen LogP contribution is 2.28. The van der Waals surface area contributed by atoms with Crippen LogP contribution in [0.3, 0.4) is 0 Å². The minimum Gasteiger partial charge on any atom is -0.492 e. The third-order valence-electron chi connectivity index (χ3n) is 4.40. The lowest BCUT2D eigenvalue weighted by atomic mass is 10.0. The van der Waals surface area contributed by atoms with Crippen LogP contribution in [0.4, 0.5) is 9.18 Å². The molecule has 0 radical (unpaired) electrons. The highest BCUT2D eigenvalue weighted by atomic mass is 19.1. The molecule has 2 amide bonds. The summed E-state index contributed by atoms with van der Waals surface area (Å²) in [6.45, 7) is 1.61. The van der Waals surface area contributed by atoms with Crippen molar-refractivity contribution < 1.29 is 13.9 Å². The van der Waals surface area contributed by atoms with Crippen LogP contribution in [0.2, 0.25) is 0 Å². The molecule has 23 heavy (non-hydrogen) atoms. The van der Waals surface area contributed by atoms with Gasteiger partial charge in [-0.15, -0.1) is 0 Å². The Morgan fingerprint density at radius 1 is 1.30 bits per heavy atom. The number of hydrogen-bond donors (Lipinski definition) is 1. The van der Waals surface area contributed by atoms with Crippen molar-refractivity contribution in [3.8, 4) is 5.75 Å². The van der Waals surface area contributed by atoms with Gasteiger partial charge in [0.25, 0.3) is 0 Å². The van der Waals surface area contributed by atoms with Gasteiger partial charge in [0.2, 0.25) is 0 Å². The van der Waals surface area contributed by atoms with Crippen molar-refractivity contribution in [2.24, 2.45) is 5.92 Å². The van der Waals surface area contributed by atoms with E-state index in [2.05, 4.69) is 5.32 Å². The minimum atomic E-state index is -0.286. The molecule has 0 unspecified atom stereocenters. The summed E-state index contributed by atoms with van der Waals surface area (Å²) in [5.41, 5.74) is 0. The molecule has 1 aromatic rings. The predicted molar refractivity (Wildman–Crippen MR) is 89.1 cm³/mol. The van der Waals surface area contributed by atoms with Gasteiger partial charge in [0.1, 0.15) is 18.2 Å². The van der Waals surface area contributed by atoms with Gasteiger partial charge < -0.3 is 15.0 Å². The van der Waals surface area contributed by atoms with E-state index in [4.69, 9.17) is 4.74 Å². The van der Waals surface area contributed by atoms with E-state index in [1.54, 1.807) is 24.1 Å². The summed E-state index contributed by atoms with van der Waals surface area (Å²) in [5.74, 6) is 1.19. The second-order valence-electron chi connectivity index (χ2n) is 6.25. The molecule has 128 valence electrons. The lowest BCUT2D eigenvalue weighted by Gasteiger charge is -2.18. The van der Waals surface area contributed by atoms with Gasteiger partial charge in [-0.3, -0.25) is 0 Å². The van der Waals surface area contributed by atoms with Crippen molar-refractivity contribution in [2.75, 3.05) is 26.7 Å². The summed E-state index contributed by atoms with van der Waals surface area (Å²) in [6.07, 6.45) is 7.72. The van der Waals surface area contributed by atoms with Gasteiger partial charge in [0.15, 0.2) is 0 Å². The smallest absolute Gasteiger partial charge is 0.317 e. The van der Waals surface area contributed by atoms with Crippen LogP contribution in [0.15, 0.2) is 24.3 Å². The molecule has 0 aromatic heterocycles. The fourth-order valence-corrected chi connectivity index (χ4v) is 2.95. The molecular formula is C18H27FN2O2. The molecule has 1 fully saturated rings. The zero-order valence-corrected chi connectivity index (χ0v) is 13.9. The zero-order valence-electron chi connectivity index (χ0n) is 13.9. The first kappa shape index (κ1) is 17.6. The number of rotatable bonds is 8. The lowest BCUT2D eigenvalue weighted by molar-refractivity contribution is 0.195. The van der Waals surface area contributed by atoms with Crippen molar-refractivity contribution in [1.82, 2.24) is 10.2 Å². The van der Waals surface area contributed by atoms with E-state index in [0.717, 1.165) is 18.9 Å². The number of nitrogens with one attached hydrogen (secondary N) is 1. The number of amides is 2. The maximum Gasteiger partial charge on any atom is 0.317 e. The molecule has 4 nitrogen and oxygen atoms in total. The van der Waals surface area contributed by atoms with E-state index < -0.39 is 0 Å². The fraction of sp³-hybridized carbons (Fsp3) is 0.611. The van der Waals surface area contributed by atoms with Gasteiger partial charge >= 0.3 is 6.03 Å². The number of carbonyl (C=O) groups is 1. The normalized spacial score (nSPS) is 14.7. The van der Waals surface area contributed by atoms with Crippen LogP contribution in [-0.2, 0) is 0 Å². The van der Waals surface area contributed by atoms with Crippen molar-refractivity contribution in [3.63, 3.8) is 0 Å². The SMILES string of the molecule is CN(CCOc1ccc(F)cc1)C(=O)NCCCC1CCCC1. The average Bonchev–Trinajstić information content (AvgIpc) is 3.06. The molecule has 1 saturated carbocycles. The molecule has 1 aliphatic carbocycles. The molecule has 0 saturated heterocycles. The first-order valence-electron chi connectivity index (χ1n) is 8.52. The topological polar surface area (TPSA) is 41.6 Å². The maximum atomic E-state index is 12.8. The van der Waals surface area contributed by atoms with Crippen LogP contribution in [0.5, 0.6) is 5.75 Å². The van der Waals surface area contributed by atoms with Gasteiger partial charge in [0.05, 0.1) is 6.54 Å². The number of benzene rings is 1. The van der Waals surface area contributed by atoms with Crippen molar-refractivity contribution in [2.45, 2.75) is 38.5 Å². The van der Waals surface area contributed by atoms with E-state index >= 15 is 0 Å². The summed E-state index contributed by atoms with van der Waals surface area (Å²) in [7, 11) is 1.75. The Labute approximate surface area is 138 Å². The third-order valence-corrected chi connectivity index (χ3v) is 4.40. The second kappa shape index (κ2) is 9.38. The number of urea groups is 1. The zero-order chi connectivity index (χ0) is 16.5. The fourth-order valence-electron chi connectivity index (χ4n) is 2.95. The second-order valence-corrected chi connectivity index (χ2v) is 6.25. The average molecular weight is 322 g/mol. The third kappa shape index (κ3) is 6.47. The van der Waals surface area contributed by atoms with Gasteiger partial charge in [-0.2, -0.15) is 0 Å². The van der Waals surface area contributed by atoms with Gasteiger partial charge in [-0.25, -0.2) is 9.18 Å². The van der Waals surface area contributed by atoms with E-state index in [0.29, 0.717) is 18.9 Å². The summed E-state index contributed by atoms with van der Waals surface area (Å²) in [6, 6.07) is 5.81. The van der Waals surface area contributed by atoms with Crippen molar-refractivity contribution in [1.29, 1.82) is 0 Å². The highest BCUT2D eigenvalue weighted by molar-refractivity contribution is 5.73. The molecule has 0 atom stereocenters. The van der Waals surface area contributed by atoms with Gasteiger partial charge in [-0.1, -0.05) is 25.7 Å². The van der Waals surface area contributed by atoms with E-state index in [9.17, 15) is 9.18 Å². The number of carbonyl (C=O) groups excluding carboxylic acids is 1. The first-order valence-corrected chi connectivity index (χ1v) is 8.52. The van der Waals surface area contributed by atoms with Crippen LogP contribution >= 0.6 is 0 Å². The number of likely N-dealkylation sites (N-methyl/N-ethyl adjacent to an activating group) is 1. The van der Waals surface area contributed by atoms with E-state index in [-0.39, 0.29) is 11.8 Å². The quantitative estimate of drug-likeness (QED) is 0.739. The van der Waals surface area contributed by atoms with Crippen LogP contribution < -0.4 is 10.1 Å². The Morgan fingerprint density at radius 3 is 2.70 bits per heavy atom. The number of halogens is 1. The monoisotopic (exact) mass is 322 g/mol. The van der Waals surface area contributed by atoms with Crippen molar-refractivity contribution >= 4 is 6.03 Å². The predicted octanol–water partition coefficient (Wildman–Crippen LogP) is 3.82. The van der Waals surface area contributed by atoms with Gasteiger partial charge in [-0.05, 0) is 43.0 Å². The number of hydrogen-bond acceptors (Lipinski definition) is 2. The highest BCUT2D eigenvalue weighted by Gasteiger charge is 2.14. The molecule has 1 aromatic carbocycles. The largest absolute Gasteiger partial charge is 0.492 e. The summed E-state index contributed by atoms with van der Waals surface area (Å²) >= 11 is 0. The Balaban J connectivity index is 1.54. The van der Waals surface area contributed by atoms with Crippen LogP contribution in [0.1, 0.15) is 38.5 Å². The number of nitrogens with zero attached hydrogens (tertiary/aromatic N) is 1. The minimum absolute atomic E-state index is 0.0703. The molecule has 0 aliphatic heterocycles. The van der Waals surface area contributed by atoms with Crippen LogP contribution in [-0.4, -0.2) is 37.7 Å². The molecule has 2 rings (SSSR count). The first-order chi connectivity index (χ1) is 11.1. The Bertz CT molecular complexity index is 472. The molecule has 0 spiro atoms.